The topological polar surface area (TPSA) is 12.4 Å². The van der Waals surface area contributed by atoms with Gasteiger partial charge in [0.2, 0.25) is 0 Å². The fourth-order valence-corrected chi connectivity index (χ4v) is 3.49. The molecule has 0 amide bonds. The summed E-state index contributed by atoms with van der Waals surface area (Å²) < 4.78 is 1.04. The highest BCUT2D eigenvalue weighted by Gasteiger charge is 2.13. The molecular weight excluding hydrogens is 394 g/mol. The van der Waals surface area contributed by atoms with Gasteiger partial charge in [-0.2, -0.15) is 0 Å². The number of halogens is 1. The maximum atomic E-state index is 5.19. The normalized spacial score (nSPS) is 11.7. The maximum Gasteiger partial charge on any atom is 0.0782 e. The average Bonchev–Trinajstić information content (AvgIpc) is 2.66. The first-order valence-corrected chi connectivity index (χ1v) is 9.96. The standard InChI is InChI=1S/C25H24BrN/c1-5-19-8-7-11-23(17(2)3)25(19)27-24(20-14-12-18(4)13-15-20)21-9-6-10-22(26)16-21/h5-17H,1H2,2-4H3. The van der Waals surface area contributed by atoms with E-state index < -0.39 is 0 Å². The molecular formula is C25H24BrN. The van der Waals surface area contributed by atoms with E-state index in [1.165, 1.54) is 11.1 Å². The first-order valence-electron chi connectivity index (χ1n) is 9.16. The molecule has 0 aliphatic heterocycles. The molecule has 0 saturated carbocycles. The SMILES string of the molecule is C=Cc1cccc(C(C)C)c1N=C(c1ccc(C)cc1)c1cccc(Br)c1. The van der Waals surface area contributed by atoms with Gasteiger partial charge in [-0.3, -0.25) is 0 Å². The molecule has 0 heterocycles. The van der Waals surface area contributed by atoms with E-state index in [2.05, 4.69) is 97.9 Å². The summed E-state index contributed by atoms with van der Waals surface area (Å²) in [5, 5.41) is 0. The molecule has 0 atom stereocenters. The zero-order valence-electron chi connectivity index (χ0n) is 16.0. The van der Waals surface area contributed by atoms with E-state index >= 15 is 0 Å². The fraction of sp³-hybridized carbons (Fsp3) is 0.160. The summed E-state index contributed by atoms with van der Waals surface area (Å²) in [5.74, 6) is 0.380. The van der Waals surface area contributed by atoms with Crippen LogP contribution < -0.4 is 0 Å². The van der Waals surface area contributed by atoms with Crippen LogP contribution in [-0.2, 0) is 0 Å². The molecule has 0 aliphatic carbocycles. The van der Waals surface area contributed by atoms with Crippen molar-refractivity contribution in [2.24, 2.45) is 4.99 Å². The Bertz CT molecular complexity index is 981. The third kappa shape index (κ3) is 4.45. The van der Waals surface area contributed by atoms with Crippen LogP contribution in [0.25, 0.3) is 6.08 Å². The van der Waals surface area contributed by atoms with Crippen molar-refractivity contribution in [1.82, 2.24) is 0 Å². The largest absolute Gasteiger partial charge is 0.247 e. The fourth-order valence-electron chi connectivity index (χ4n) is 3.09. The minimum absolute atomic E-state index is 0.380. The molecule has 1 nitrogen and oxygen atoms in total. The first-order chi connectivity index (χ1) is 13.0. The van der Waals surface area contributed by atoms with Crippen LogP contribution in [0.5, 0.6) is 0 Å². The van der Waals surface area contributed by atoms with Crippen molar-refractivity contribution in [2.75, 3.05) is 0 Å². The molecule has 0 spiro atoms. The van der Waals surface area contributed by atoms with Gasteiger partial charge in [0.05, 0.1) is 11.4 Å². The molecule has 0 radical (unpaired) electrons. The number of para-hydroxylation sites is 1. The molecule has 0 saturated heterocycles. The van der Waals surface area contributed by atoms with Gasteiger partial charge in [-0.25, -0.2) is 4.99 Å². The number of benzene rings is 3. The van der Waals surface area contributed by atoms with Crippen molar-refractivity contribution in [1.29, 1.82) is 0 Å². The van der Waals surface area contributed by atoms with E-state index in [1.807, 2.05) is 18.2 Å². The molecule has 0 unspecified atom stereocenters. The highest BCUT2D eigenvalue weighted by molar-refractivity contribution is 9.10. The van der Waals surface area contributed by atoms with E-state index in [9.17, 15) is 0 Å². The van der Waals surface area contributed by atoms with E-state index in [-0.39, 0.29) is 0 Å². The lowest BCUT2D eigenvalue weighted by Crippen LogP contribution is -2.04. The van der Waals surface area contributed by atoms with Crippen molar-refractivity contribution in [2.45, 2.75) is 26.7 Å². The van der Waals surface area contributed by atoms with E-state index in [0.717, 1.165) is 32.6 Å². The molecule has 0 N–H and O–H groups in total. The lowest BCUT2D eigenvalue weighted by molar-refractivity contribution is 0.866. The Kier molecular flexibility index (Phi) is 6.08. The summed E-state index contributed by atoms with van der Waals surface area (Å²) in [6.07, 6.45) is 1.89. The molecule has 27 heavy (non-hydrogen) atoms. The Balaban J connectivity index is 2.28. The van der Waals surface area contributed by atoms with Crippen molar-refractivity contribution >= 4 is 33.4 Å². The van der Waals surface area contributed by atoms with Crippen molar-refractivity contribution in [3.05, 3.63) is 106 Å². The molecule has 2 heteroatoms. The highest BCUT2D eigenvalue weighted by Crippen LogP contribution is 2.33. The number of aryl methyl sites for hydroxylation is 1. The van der Waals surface area contributed by atoms with Gasteiger partial charge in [-0.15, -0.1) is 0 Å². The number of rotatable bonds is 5. The van der Waals surface area contributed by atoms with Gasteiger partial charge in [0, 0.05) is 15.6 Å². The lowest BCUT2D eigenvalue weighted by Gasteiger charge is -2.15. The van der Waals surface area contributed by atoms with Crippen LogP contribution in [0.3, 0.4) is 0 Å². The third-order valence-corrected chi connectivity index (χ3v) is 5.08. The minimum atomic E-state index is 0.380. The van der Waals surface area contributed by atoms with E-state index in [0.29, 0.717) is 5.92 Å². The molecule has 136 valence electrons. The van der Waals surface area contributed by atoms with Crippen LogP contribution in [-0.4, -0.2) is 5.71 Å². The molecule has 3 aromatic rings. The Morgan fingerprint density at radius 1 is 0.963 bits per heavy atom. The van der Waals surface area contributed by atoms with Crippen LogP contribution in [0.2, 0.25) is 0 Å². The smallest absolute Gasteiger partial charge is 0.0782 e. The molecule has 0 aromatic heterocycles. The van der Waals surface area contributed by atoms with Gasteiger partial charge in [-0.1, -0.05) is 103 Å². The summed E-state index contributed by atoms with van der Waals surface area (Å²) in [6.45, 7) is 10.5. The van der Waals surface area contributed by atoms with Gasteiger partial charge < -0.3 is 0 Å². The molecule has 3 rings (SSSR count). The van der Waals surface area contributed by atoms with Crippen molar-refractivity contribution in [3.63, 3.8) is 0 Å². The van der Waals surface area contributed by atoms with Crippen molar-refractivity contribution in [3.8, 4) is 0 Å². The van der Waals surface area contributed by atoms with E-state index in [1.54, 1.807) is 0 Å². The van der Waals surface area contributed by atoms with Crippen LogP contribution in [0, 0.1) is 6.92 Å². The van der Waals surface area contributed by atoms with Crippen LogP contribution in [0.15, 0.2) is 82.8 Å². The lowest BCUT2D eigenvalue weighted by atomic mass is 9.96. The average molecular weight is 418 g/mol. The van der Waals surface area contributed by atoms with Crippen molar-refractivity contribution < 1.29 is 0 Å². The second-order valence-electron chi connectivity index (χ2n) is 6.98. The number of hydrogen-bond acceptors (Lipinski definition) is 1. The third-order valence-electron chi connectivity index (χ3n) is 4.59. The Hall–Kier alpha value is -2.45. The van der Waals surface area contributed by atoms with Gasteiger partial charge in [0.1, 0.15) is 0 Å². The Morgan fingerprint density at radius 2 is 1.67 bits per heavy atom. The zero-order valence-corrected chi connectivity index (χ0v) is 17.6. The molecule has 0 bridgehead atoms. The maximum absolute atomic E-state index is 5.19. The highest BCUT2D eigenvalue weighted by atomic mass is 79.9. The molecule has 0 fully saturated rings. The second kappa shape index (κ2) is 8.49. The van der Waals surface area contributed by atoms with Crippen LogP contribution in [0.4, 0.5) is 5.69 Å². The predicted octanol–water partition coefficient (Wildman–Crippen LogP) is 7.69. The van der Waals surface area contributed by atoms with Crippen LogP contribution in [0.1, 0.15) is 47.6 Å². The second-order valence-corrected chi connectivity index (χ2v) is 7.90. The predicted molar refractivity (Wildman–Crippen MR) is 121 cm³/mol. The summed E-state index contributed by atoms with van der Waals surface area (Å²) in [6, 6.07) is 23.2. The Morgan fingerprint density at radius 3 is 2.30 bits per heavy atom. The zero-order chi connectivity index (χ0) is 19.4. The molecule has 3 aromatic carbocycles. The number of hydrogen-bond donors (Lipinski definition) is 0. The van der Waals surface area contributed by atoms with Gasteiger partial charge in [0.15, 0.2) is 0 Å². The van der Waals surface area contributed by atoms with Crippen LogP contribution >= 0.6 is 15.9 Å². The monoisotopic (exact) mass is 417 g/mol. The minimum Gasteiger partial charge on any atom is -0.247 e. The summed E-state index contributed by atoms with van der Waals surface area (Å²) >= 11 is 3.59. The summed E-state index contributed by atoms with van der Waals surface area (Å²) in [5.41, 5.74) is 7.68. The summed E-state index contributed by atoms with van der Waals surface area (Å²) in [7, 11) is 0. The van der Waals surface area contributed by atoms with Gasteiger partial charge in [0.25, 0.3) is 0 Å². The molecule has 0 aliphatic rings. The summed E-state index contributed by atoms with van der Waals surface area (Å²) in [4.78, 5) is 5.19. The first kappa shape index (κ1) is 19.3. The number of nitrogens with zero attached hydrogens (tertiary/aromatic N) is 1. The van der Waals surface area contributed by atoms with Gasteiger partial charge in [-0.05, 0) is 36.1 Å². The Labute approximate surface area is 170 Å². The van der Waals surface area contributed by atoms with E-state index in [4.69, 9.17) is 4.99 Å². The number of aliphatic imine (C=N–C) groups is 1. The quantitative estimate of drug-likeness (QED) is 0.377. The van der Waals surface area contributed by atoms with Gasteiger partial charge >= 0.3 is 0 Å².